The summed E-state index contributed by atoms with van der Waals surface area (Å²) in [6.07, 6.45) is -0.109. The van der Waals surface area contributed by atoms with Gasteiger partial charge in [0.05, 0.1) is 11.3 Å². The lowest BCUT2D eigenvalue weighted by Crippen LogP contribution is -2.24. The first-order valence-electron chi connectivity index (χ1n) is 7.27. The molecule has 0 aliphatic rings. The van der Waals surface area contributed by atoms with Crippen LogP contribution in [0.4, 0.5) is 10.5 Å². The highest BCUT2D eigenvalue weighted by atomic mass is 35.5. The fourth-order valence-corrected chi connectivity index (χ4v) is 2.10. The predicted octanol–water partition coefficient (Wildman–Crippen LogP) is 3.30. The Hall–Kier alpha value is -2.84. The number of anilines is 1. The van der Waals surface area contributed by atoms with Crippen LogP contribution in [0.1, 0.15) is 17.5 Å². The highest BCUT2D eigenvalue weighted by molar-refractivity contribution is 6.31. The van der Waals surface area contributed by atoms with E-state index < -0.39 is 6.09 Å². The lowest BCUT2D eigenvalue weighted by Gasteiger charge is -2.05. The second kappa shape index (κ2) is 8.70. The molecule has 0 saturated carbocycles. The largest absolute Gasteiger partial charge is 0.505 e. The molecule has 2 rings (SSSR count). The molecule has 0 saturated heterocycles. The van der Waals surface area contributed by atoms with E-state index in [0.717, 1.165) is 5.56 Å². The second-order valence-corrected chi connectivity index (χ2v) is 5.37. The van der Waals surface area contributed by atoms with E-state index in [1.54, 1.807) is 0 Å². The molecule has 0 aliphatic carbocycles. The number of rotatable bonds is 4. The number of hydrogen-bond acceptors (Lipinski definition) is 4. The number of amides is 1. The first-order chi connectivity index (χ1) is 11.6. The maximum Gasteiger partial charge on any atom is 0.407 e. The van der Waals surface area contributed by atoms with Gasteiger partial charge in [-0.2, -0.15) is 0 Å². The summed E-state index contributed by atoms with van der Waals surface area (Å²) in [7, 11) is 0. The van der Waals surface area contributed by atoms with Crippen molar-refractivity contribution >= 4 is 23.4 Å². The van der Waals surface area contributed by atoms with Crippen LogP contribution < -0.4 is 11.1 Å². The highest BCUT2D eigenvalue weighted by Gasteiger charge is 2.04. The van der Waals surface area contributed by atoms with Gasteiger partial charge >= 0.3 is 6.09 Å². The molecule has 0 atom stereocenters. The second-order valence-electron chi connectivity index (χ2n) is 4.93. The van der Waals surface area contributed by atoms with E-state index in [9.17, 15) is 9.90 Å². The molecular formula is C18H17ClN2O3. The molecule has 0 heterocycles. The van der Waals surface area contributed by atoms with Gasteiger partial charge in [-0.25, -0.2) is 4.79 Å². The Morgan fingerprint density at radius 1 is 1.29 bits per heavy atom. The molecule has 0 bridgehead atoms. The SMILES string of the molecule is Nc1cc(Cl)cc(C#CCCNC(=O)OCc2ccccc2)c1O. The topological polar surface area (TPSA) is 84.6 Å². The number of phenolic OH excluding ortho intramolecular Hbond substituents is 1. The van der Waals surface area contributed by atoms with E-state index in [1.807, 2.05) is 30.3 Å². The molecule has 0 spiro atoms. The fraction of sp³-hybridized carbons (Fsp3) is 0.167. The molecule has 24 heavy (non-hydrogen) atoms. The van der Waals surface area contributed by atoms with E-state index >= 15 is 0 Å². The number of halogens is 1. The first kappa shape index (κ1) is 17.5. The van der Waals surface area contributed by atoms with Crippen LogP contribution in [-0.2, 0) is 11.3 Å². The molecule has 2 aromatic rings. The van der Waals surface area contributed by atoms with Gasteiger partial charge in [0.1, 0.15) is 6.61 Å². The number of carbonyl (C=O) groups is 1. The molecule has 124 valence electrons. The molecule has 1 amide bonds. The number of nitrogens with one attached hydrogen (secondary N) is 1. The van der Waals surface area contributed by atoms with Crippen LogP contribution in [0.3, 0.4) is 0 Å². The van der Waals surface area contributed by atoms with Crippen molar-refractivity contribution in [2.24, 2.45) is 0 Å². The molecule has 0 aliphatic heterocycles. The van der Waals surface area contributed by atoms with E-state index in [0.29, 0.717) is 23.6 Å². The normalized spacial score (nSPS) is 9.71. The first-order valence-corrected chi connectivity index (χ1v) is 7.65. The van der Waals surface area contributed by atoms with Gasteiger partial charge in [-0.3, -0.25) is 0 Å². The van der Waals surface area contributed by atoms with E-state index in [2.05, 4.69) is 17.2 Å². The summed E-state index contributed by atoms with van der Waals surface area (Å²) >= 11 is 5.86. The number of nitrogens with two attached hydrogens (primary N) is 1. The number of nitrogen functional groups attached to an aromatic ring is 1. The summed E-state index contributed by atoms with van der Waals surface area (Å²) in [5.74, 6) is 5.51. The van der Waals surface area contributed by atoms with Gasteiger partial charge in [0, 0.05) is 18.0 Å². The van der Waals surface area contributed by atoms with Crippen LogP contribution in [0.2, 0.25) is 5.02 Å². The minimum absolute atomic E-state index is 0.0952. The minimum Gasteiger partial charge on any atom is -0.505 e. The monoisotopic (exact) mass is 344 g/mol. The Morgan fingerprint density at radius 3 is 2.79 bits per heavy atom. The number of benzene rings is 2. The van der Waals surface area contributed by atoms with Crippen molar-refractivity contribution < 1.29 is 14.6 Å². The zero-order chi connectivity index (χ0) is 17.4. The summed E-state index contributed by atoms with van der Waals surface area (Å²) in [4.78, 5) is 11.5. The Kier molecular flexibility index (Phi) is 6.35. The van der Waals surface area contributed by atoms with Gasteiger partial charge in [0.25, 0.3) is 0 Å². The molecule has 0 radical (unpaired) electrons. The van der Waals surface area contributed by atoms with Gasteiger partial charge < -0.3 is 20.9 Å². The van der Waals surface area contributed by atoms with Gasteiger partial charge in [0.2, 0.25) is 0 Å². The predicted molar refractivity (Wildman–Crippen MR) is 93.7 cm³/mol. The van der Waals surface area contributed by atoms with Crippen LogP contribution in [0.5, 0.6) is 5.75 Å². The van der Waals surface area contributed by atoms with Crippen molar-refractivity contribution in [1.29, 1.82) is 0 Å². The zero-order valence-corrected chi connectivity index (χ0v) is 13.6. The van der Waals surface area contributed by atoms with Crippen molar-refractivity contribution in [2.75, 3.05) is 12.3 Å². The molecule has 6 heteroatoms. The molecule has 5 nitrogen and oxygen atoms in total. The maximum atomic E-state index is 11.5. The third-order valence-electron chi connectivity index (χ3n) is 3.06. The van der Waals surface area contributed by atoms with Gasteiger partial charge in [-0.15, -0.1) is 0 Å². The summed E-state index contributed by atoms with van der Waals surface area (Å²) in [5.41, 5.74) is 7.04. The maximum absolute atomic E-state index is 11.5. The third-order valence-corrected chi connectivity index (χ3v) is 3.28. The Balaban J connectivity index is 1.74. The molecular weight excluding hydrogens is 328 g/mol. The number of ether oxygens (including phenoxy) is 1. The molecule has 0 fully saturated rings. The van der Waals surface area contributed by atoms with Gasteiger partial charge in [-0.1, -0.05) is 53.8 Å². The summed E-state index contributed by atoms with van der Waals surface area (Å²) < 4.78 is 5.07. The third kappa shape index (κ3) is 5.41. The van der Waals surface area contributed by atoms with Crippen LogP contribution in [-0.4, -0.2) is 17.7 Å². The average molecular weight is 345 g/mol. The smallest absolute Gasteiger partial charge is 0.407 e. The van der Waals surface area contributed by atoms with E-state index in [-0.39, 0.29) is 18.0 Å². The number of aromatic hydroxyl groups is 1. The Bertz CT molecular complexity index is 767. The highest BCUT2D eigenvalue weighted by Crippen LogP contribution is 2.28. The molecule has 0 aromatic heterocycles. The lowest BCUT2D eigenvalue weighted by atomic mass is 10.1. The average Bonchev–Trinajstić information content (AvgIpc) is 2.57. The fourth-order valence-electron chi connectivity index (χ4n) is 1.87. The van der Waals surface area contributed by atoms with Gasteiger partial charge in [0.15, 0.2) is 5.75 Å². The van der Waals surface area contributed by atoms with Crippen LogP contribution >= 0.6 is 11.6 Å². The Morgan fingerprint density at radius 2 is 2.04 bits per heavy atom. The van der Waals surface area contributed by atoms with Crippen molar-refractivity contribution in [3.8, 4) is 17.6 Å². The van der Waals surface area contributed by atoms with Crippen molar-refractivity contribution in [3.05, 3.63) is 58.6 Å². The van der Waals surface area contributed by atoms with Crippen LogP contribution in [0.15, 0.2) is 42.5 Å². The van der Waals surface area contributed by atoms with E-state index in [4.69, 9.17) is 22.1 Å². The van der Waals surface area contributed by atoms with Crippen molar-refractivity contribution in [2.45, 2.75) is 13.0 Å². The number of hydrogen-bond donors (Lipinski definition) is 3. The summed E-state index contributed by atoms with van der Waals surface area (Å²) in [5, 5.41) is 12.8. The van der Waals surface area contributed by atoms with Gasteiger partial charge in [-0.05, 0) is 17.7 Å². The van der Waals surface area contributed by atoms with Crippen molar-refractivity contribution in [1.82, 2.24) is 5.32 Å². The van der Waals surface area contributed by atoms with E-state index in [1.165, 1.54) is 12.1 Å². The molecule has 4 N–H and O–H groups in total. The van der Waals surface area contributed by atoms with Crippen molar-refractivity contribution in [3.63, 3.8) is 0 Å². The summed E-state index contributed by atoms with van der Waals surface area (Å²) in [6, 6.07) is 12.4. The van der Waals surface area contributed by atoms with Crippen LogP contribution in [0.25, 0.3) is 0 Å². The number of phenols is 1. The minimum atomic E-state index is -0.504. The quantitative estimate of drug-likeness (QED) is 0.344. The standard InChI is InChI=1S/C18H17ClN2O3/c19-15-10-14(17(22)16(20)11-15)8-4-5-9-21-18(23)24-12-13-6-2-1-3-7-13/h1-3,6-7,10-11,22H,5,9,12,20H2,(H,21,23). The lowest BCUT2D eigenvalue weighted by molar-refractivity contribution is 0.140. The zero-order valence-electron chi connectivity index (χ0n) is 12.9. The number of alkyl carbamates (subject to hydrolysis) is 1. The number of carbonyl (C=O) groups excluding carboxylic acids is 1. The molecule has 0 unspecified atom stereocenters. The molecule has 2 aromatic carbocycles. The summed E-state index contributed by atoms with van der Waals surface area (Å²) in [6.45, 7) is 0.547. The van der Waals surface area contributed by atoms with Crippen LogP contribution in [0, 0.1) is 11.8 Å². The Labute approximate surface area is 145 Å².